The van der Waals surface area contributed by atoms with Gasteiger partial charge in [0, 0.05) is 28.7 Å². The van der Waals surface area contributed by atoms with Gasteiger partial charge in [-0.15, -0.1) is 0 Å². The Labute approximate surface area is 214 Å². The average molecular weight is 541 g/mol. The van der Waals surface area contributed by atoms with Crippen LogP contribution in [-0.4, -0.2) is 26.1 Å². The number of rotatable bonds is 6. The molecular weight excluding hydrogens is 515 g/mol. The number of benzene rings is 2. The fourth-order valence-corrected chi connectivity index (χ4v) is 4.21. The number of oxazole rings is 1. The number of aryl methyl sites for hydroxylation is 1. The third-order valence-electron chi connectivity index (χ3n) is 4.98. The van der Waals surface area contributed by atoms with Gasteiger partial charge in [0.2, 0.25) is 21.9 Å². The predicted octanol–water partition coefficient (Wildman–Crippen LogP) is 5.69. The summed E-state index contributed by atoms with van der Waals surface area (Å²) < 4.78 is 46.2. The van der Waals surface area contributed by atoms with Crippen LogP contribution < -0.4 is 14.2 Å². The first-order valence-corrected chi connectivity index (χ1v) is 13.0. The Hall–Kier alpha value is -2.56. The second kappa shape index (κ2) is 11.5. The van der Waals surface area contributed by atoms with Crippen LogP contribution in [0.2, 0.25) is 10.0 Å². The molecule has 1 aromatic heterocycles. The van der Waals surface area contributed by atoms with Gasteiger partial charge < -0.3 is 18.6 Å². The number of hydrogen-bond acceptors (Lipinski definition) is 7. The van der Waals surface area contributed by atoms with Crippen molar-refractivity contribution in [3.63, 3.8) is 0 Å². The van der Waals surface area contributed by atoms with Gasteiger partial charge in [0.05, 0.1) is 18.4 Å². The third-order valence-corrected chi connectivity index (χ3v) is 5.98. The SMILES string of the molecule is CCN1/C(=C/C(C)=C/c2oc3ccc(Cl)cc3[n+]2CC)Oc2ccc(Cl)cc21.CCOS(=O)(=O)[O-]. The van der Waals surface area contributed by atoms with Crippen molar-refractivity contribution in [2.75, 3.05) is 18.1 Å². The predicted molar refractivity (Wildman–Crippen MR) is 135 cm³/mol. The summed E-state index contributed by atoms with van der Waals surface area (Å²) in [6.45, 7) is 9.09. The summed E-state index contributed by atoms with van der Waals surface area (Å²) in [5, 5.41) is 1.39. The van der Waals surface area contributed by atoms with E-state index in [2.05, 4.69) is 27.5 Å². The summed E-state index contributed by atoms with van der Waals surface area (Å²) >= 11 is 12.3. The van der Waals surface area contributed by atoms with E-state index in [-0.39, 0.29) is 6.61 Å². The Morgan fingerprint density at radius 3 is 2.43 bits per heavy atom. The second-order valence-corrected chi connectivity index (χ2v) is 9.37. The zero-order valence-electron chi connectivity index (χ0n) is 19.7. The molecule has 0 spiro atoms. The highest BCUT2D eigenvalue weighted by Crippen LogP contribution is 2.40. The van der Waals surface area contributed by atoms with Crippen LogP contribution >= 0.6 is 23.2 Å². The maximum absolute atomic E-state index is 9.45. The molecule has 188 valence electrons. The molecule has 0 radical (unpaired) electrons. The topological polar surface area (TPSA) is 95.9 Å². The summed E-state index contributed by atoms with van der Waals surface area (Å²) in [5.41, 5.74) is 3.79. The number of fused-ring (bicyclic) bond motifs is 2. The van der Waals surface area contributed by atoms with Gasteiger partial charge in [-0.1, -0.05) is 23.2 Å². The minimum absolute atomic E-state index is 0.0914. The number of nitrogens with zero attached hydrogens (tertiary/aromatic N) is 2. The maximum atomic E-state index is 9.45. The van der Waals surface area contributed by atoms with E-state index in [0.717, 1.165) is 53.0 Å². The van der Waals surface area contributed by atoms with Crippen molar-refractivity contribution in [3.05, 3.63) is 69.9 Å². The Balaban J connectivity index is 0.000000429. The molecule has 1 aliphatic heterocycles. The van der Waals surface area contributed by atoms with Gasteiger partial charge in [0.25, 0.3) is 5.52 Å². The van der Waals surface area contributed by atoms with E-state index in [1.165, 1.54) is 6.92 Å². The lowest BCUT2D eigenvalue weighted by Gasteiger charge is -2.15. The lowest BCUT2D eigenvalue weighted by atomic mass is 10.2. The number of hydrogen-bond donors (Lipinski definition) is 0. The molecule has 0 saturated heterocycles. The normalized spacial score (nSPS) is 14.7. The monoisotopic (exact) mass is 540 g/mol. The first-order valence-electron chi connectivity index (χ1n) is 10.9. The van der Waals surface area contributed by atoms with Crippen LogP contribution in [0.4, 0.5) is 5.69 Å². The van der Waals surface area contributed by atoms with Crippen LogP contribution in [0.25, 0.3) is 17.2 Å². The molecule has 0 bridgehead atoms. The van der Waals surface area contributed by atoms with Crippen molar-refractivity contribution in [2.24, 2.45) is 0 Å². The first kappa shape index (κ1) is 27.0. The zero-order valence-corrected chi connectivity index (χ0v) is 22.1. The zero-order chi connectivity index (χ0) is 25.8. The van der Waals surface area contributed by atoms with Crippen molar-refractivity contribution in [1.29, 1.82) is 0 Å². The number of anilines is 1. The van der Waals surface area contributed by atoms with E-state index in [1.54, 1.807) is 0 Å². The van der Waals surface area contributed by atoms with E-state index < -0.39 is 10.4 Å². The summed E-state index contributed by atoms with van der Waals surface area (Å²) in [5.74, 6) is 2.36. The molecule has 35 heavy (non-hydrogen) atoms. The molecule has 2 aromatic carbocycles. The van der Waals surface area contributed by atoms with Crippen LogP contribution in [0.1, 0.15) is 33.6 Å². The molecule has 0 amide bonds. The Morgan fingerprint density at radius 1 is 1.14 bits per heavy atom. The minimum Gasteiger partial charge on any atom is -0.726 e. The van der Waals surface area contributed by atoms with E-state index in [0.29, 0.717) is 10.0 Å². The molecule has 0 N–H and O–H groups in total. The van der Waals surface area contributed by atoms with Gasteiger partial charge >= 0.3 is 5.89 Å². The van der Waals surface area contributed by atoms with Crippen molar-refractivity contribution in [1.82, 2.24) is 0 Å². The molecule has 0 fully saturated rings. The first-order chi connectivity index (χ1) is 16.6. The lowest BCUT2D eigenvalue weighted by molar-refractivity contribution is -0.674. The molecule has 11 heteroatoms. The summed E-state index contributed by atoms with van der Waals surface area (Å²) in [4.78, 5) is 2.10. The summed E-state index contributed by atoms with van der Waals surface area (Å²) in [6.07, 6.45) is 4.02. The van der Waals surface area contributed by atoms with E-state index >= 15 is 0 Å². The molecule has 1 aliphatic rings. The fourth-order valence-electron chi connectivity index (χ4n) is 3.59. The molecule has 8 nitrogen and oxygen atoms in total. The van der Waals surface area contributed by atoms with Gasteiger partial charge in [0.1, 0.15) is 6.54 Å². The lowest BCUT2D eigenvalue weighted by Crippen LogP contribution is -2.33. The van der Waals surface area contributed by atoms with Gasteiger partial charge in [-0.2, -0.15) is 4.57 Å². The van der Waals surface area contributed by atoms with Crippen molar-refractivity contribution < 1.29 is 30.9 Å². The minimum atomic E-state index is -4.42. The van der Waals surface area contributed by atoms with Crippen molar-refractivity contribution in [2.45, 2.75) is 34.2 Å². The van der Waals surface area contributed by atoms with Crippen LogP contribution in [0.15, 0.2) is 58.3 Å². The van der Waals surface area contributed by atoms with Crippen LogP contribution in [0.3, 0.4) is 0 Å². The number of allylic oxidation sites excluding steroid dienone is 2. The Bertz CT molecular complexity index is 1380. The van der Waals surface area contributed by atoms with E-state index in [4.69, 9.17) is 32.4 Å². The summed E-state index contributed by atoms with van der Waals surface area (Å²) in [6, 6.07) is 11.3. The molecule has 3 aromatic rings. The van der Waals surface area contributed by atoms with E-state index in [9.17, 15) is 13.0 Å². The van der Waals surface area contributed by atoms with Crippen LogP contribution in [-0.2, 0) is 21.1 Å². The average Bonchev–Trinajstić information content (AvgIpc) is 3.28. The molecule has 0 saturated carbocycles. The van der Waals surface area contributed by atoms with Crippen LogP contribution in [0.5, 0.6) is 5.75 Å². The highest BCUT2D eigenvalue weighted by Gasteiger charge is 2.26. The van der Waals surface area contributed by atoms with Crippen molar-refractivity contribution in [3.8, 4) is 5.75 Å². The highest BCUT2D eigenvalue weighted by molar-refractivity contribution is 7.80. The van der Waals surface area contributed by atoms with E-state index in [1.807, 2.05) is 55.5 Å². The summed E-state index contributed by atoms with van der Waals surface area (Å²) in [7, 11) is -4.42. The molecular formula is C24H26Cl2N2O6S. The van der Waals surface area contributed by atoms with Gasteiger partial charge in [-0.3, -0.25) is 4.18 Å². The fraction of sp³-hybridized carbons (Fsp3) is 0.292. The molecule has 0 unspecified atom stereocenters. The Morgan fingerprint density at radius 2 is 1.83 bits per heavy atom. The number of halogens is 2. The van der Waals surface area contributed by atoms with Crippen molar-refractivity contribution >= 4 is 56.5 Å². The second-order valence-electron chi connectivity index (χ2n) is 7.44. The maximum Gasteiger partial charge on any atom is 0.374 e. The molecule has 0 aliphatic carbocycles. The standard InChI is InChI=1S/C22H21Cl2N2O2.C2H6O4S/c1-4-25-17-12-15(23)6-8-19(17)27-21(25)10-14(3)11-22-26(5-2)18-13-16(24)7-9-20(18)28-22;1-2-6-7(3,4)5/h6-13H,4-5H2,1-3H3;2H2,1H3,(H,3,4,5)/q+1;/p-1. The van der Waals surface area contributed by atoms with Gasteiger partial charge in [0.15, 0.2) is 5.75 Å². The number of aromatic nitrogens is 1. The third kappa shape index (κ3) is 6.77. The quantitative estimate of drug-likeness (QED) is 0.225. The smallest absolute Gasteiger partial charge is 0.374 e. The molecule has 0 atom stereocenters. The highest BCUT2D eigenvalue weighted by atomic mass is 35.5. The molecule has 2 heterocycles. The van der Waals surface area contributed by atoms with Crippen LogP contribution in [0, 0.1) is 0 Å². The van der Waals surface area contributed by atoms with Gasteiger partial charge in [-0.25, -0.2) is 8.42 Å². The number of ether oxygens (including phenoxy) is 1. The Kier molecular flexibility index (Phi) is 8.84. The van der Waals surface area contributed by atoms with Gasteiger partial charge in [-0.05, 0) is 63.6 Å². The molecule has 4 rings (SSSR count). The largest absolute Gasteiger partial charge is 0.726 e.